The summed E-state index contributed by atoms with van der Waals surface area (Å²) in [5.41, 5.74) is 2.42. The van der Waals surface area contributed by atoms with Crippen LogP contribution in [0.5, 0.6) is 5.75 Å². The van der Waals surface area contributed by atoms with Gasteiger partial charge in [0.05, 0.1) is 17.6 Å². The smallest absolute Gasteiger partial charge is 0.287 e. The minimum absolute atomic E-state index is 0.0559. The summed E-state index contributed by atoms with van der Waals surface area (Å²) >= 11 is 0. The van der Waals surface area contributed by atoms with E-state index < -0.39 is 0 Å². The molecule has 3 rings (SSSR count). The van der Waals surface area contributed by atoms with Crippen molar-refractivity contribution in [1.29, 1.82) is 0 Å². The molecule has 1 aromatic heterocycles. The number of aromatic nitrogens is 2. The van der Waals surface area contributed by atoms with Crippen LogP contribution in [0.15, 0.2) is 48.5 Å². The average molecular weight is 311 g/mol. The van der Waals surface area contributed by atoms with Crippen molar-refractivity contribution >= 4 is 16.9 Å². The molecule has 0 bridgehead atoms. The topological polar surface area (TPSA) is 87.2 Å². The van der Waals surface area contributed by atoms with Crippen molar-refractivity contribution in [2.75, 3.05) is 13.2 Å². The predicted octanol–water partition coefficient (Wildman–Crippen LogP) is 1.86. The first-order chi connectivity index (χ1) is 11.3. The van der Waals surface area contributed by atoms with Crippen molar-refractivity contribution in [3.8, 4) is 5.75 Å². The molecule has 3 aromatic rings. The summed E-state index contributed by atoms with van der Waals surface area (Å²) in [6.45, 7) is 0.478. The second-order valence-corrected chi connectivity index (χ2v) is 4.97. The van der Waals surface area contributed by atoms with Crippen LogP contribution in [-0.4, -0.2) is 34.2 Å². The molecule has 0 saturated heterocycles. The molecule has 0 radical (unpaired) electrons. The quantitative estimate of drug-likeness (QED) is 0.648. The van der Waals surface area contributed by atoms with Crippen molar-refractivity contribution in [2.24, 2.45) is 0 Å². The molecule has 1 amide bonds. The molecule has 6 heteroatoms. The van der Waals surface area contributed by atoms with E-state index >= 15 is 0 Å². The van der Waals surface area contributed by atoms with Crippen molar-refractivity contribution in [3.63, 3.8) is 0 Å². The Hall–Kier alpha value is -2.86. The van der Waals surface area contributed by atoms with E-state index in [1.807, 2.05) is 42.5 Å². The highest BCUT2D eigenvalue weighted by molar-refractivity contribution is 5.94. The Kier molecular flexibility index (Phi) is 4.54. The maximum Gasteiger partial charge on any atom is 0.287 e. The molecule has 0 fully saturated rings. The normalized spacial score (nSPS) is 10.7. The fraction of sp³-hybridized carbons (Fsp3) is 0.176. The van der Waals surface area contributed by atoms with Crippen LogP contribution in [0.3, 0.4) is 0 Å². The fourth-order valence-corrected chi connectivity index (χ4v) is 2.27. The largest absolute Gasteiger partial charge is 0.491 e. The first-order valence-corrected chi connectivity index (χ1v) is 7.32. The lowest BCUT2D eigenvalue weighted by Gasteiger charge is -2.10. The SMILES string of the molecule is O=C(NCc1ccccc1OCCO)c1nc2ccccc2[nH]1. The molecule has 2 aromatic carbocycles. The van der Waals surface area contributed by atoms with E-state index in [0.717, 1.165) is 16.6 Å². The van der Waals surface area contributed by atoms with Gasteiger partial charge >= 0.3 is 0 Å². The number of nitrogens with zero attached hydrogens (tertiary/aromatic N) is 1. The number of hydrogen-bond donors (Lipinski definition) is 3. The first kappa shape index (κ1) is 15.1. The first-order valence-electron chi connectivity index (χ1n) is 7.32. The van der Waals surface area contributed by atoms with Gasteiger partial charge in [-0.25, -0.2) is 4.98 Å². The van der Waals surface area contributed by atoms with E-state index in [-0.39, 0.29) is 24.9 Å². The highest BCUT2D eigenvalue weighted by Gasteiger charge is 2.12. The number of aliphatic hydroxyl groups is 1. The molecule has 23 heavy (non-hydrogen) atoms. The van der Waals surface area contributed by atoms with E-state index in [2.05, 4.69) is 15.3 Å². The monoisotopic (exact) mass is 311 g/mol. The Balaban J connectivity index is 1.69. The van der Waals surface area contributed by atoms with Gasteiger partial charge in [0.15, 0.2) is 5.82 Å². The predicted molar refractivity (Wildman–Crippen MR) is 86.3 cm³/mol. The molecule has 0 unspecified atom stereocenters. The number of carbonyl (C=O) groups is 1. The molecule has 118 valence electrons. The van der Waals surface area contributed by atoms with Crippen LogP contribution in [0.1, 0.15) is 16.2 Å². The number of H-pyrrole nitrogens is 1. The van der Waals surface area contributed by atoms with Gasteiger partial charge in [0.1, 0.15) is 12.4 Å². The van der Waals surface area contributed by atoms with Crippen LogP contribution >= 0.6 is 0 Å². The standard InChI is InChI=1S/C17H17N3O3/c21-9-10-23-15-8-4-1-5-12(15)11-18-17(22)16-19-13-6-2-3-7-14(13)20-16/h1-8,21H,9-11H2,(H,18,22)(H,19,20). The van der Waals surface area contributed by atoms with Crippen molar-refractivity contribution < 1.29 is 14.6 Å². The summed E-state index contributed by atoms with van der Waals surface area (Å²) in [5, 5.41) is 11.7. The molecule has 0 atom stereocenters. The van der Waals surface area contributed by atoms with Crippen LogP contribution in [0.25, 0.3) is 11.0 Å². The number of aliphatic hydroxyl groups excluding tert-OH is 1. The lowest BCUT2D eigenvalue weighted by Crippen LogP contribution is -2.24. The lowest BCUT2D eigenvalue weighted by molar-refractivity contribution is 0.0941. The van der Waals surface area contributed by atoms with Gasteiger partial charge in [0, 0.05) is 12.1 Å². The Morgan fingerprint density at radius 3 is 2.78 bits per heavy atom. The second kappa shape index (κ2) is 6.93. The van der Waals surface area contributed by atoms with Gasteiger partial charge in [-0.1, -0.05) is 30.3 Å². The number of fused-ring (bicyclic) bond motifs is 1. The van der Waals surface area contributed by atoms with Gasteiger partial charge in [-0.3, -0.25) is 4.79 Å². The number of benzene rings is 2. The maximum atomic E-state index is 12.2. The summed E-state index contributed by atoms with van der Waals surface area (Å²) in [6, 6.07) is 14.9. The molecule has 0 saturated carbocycles. The molecule has 3 N–H and O–H groups in total. The molecule has 0 spiro atoms. The maximum absolute atomic E-state index is 12.2. The Morgan fingerprint density at radius 2 is 1.96 bits per heavy atom. The van der Waals surface area contributed by atoms with Crippen molar-refractivity contribution in [1.82, 2.24) is 15.3 Å². The second-order valence-electron chi connectivity index (χ2n) is 4.97. The third-order valence-corrected chi connectivity index (χ3v) is 3.37. The Bertz CT molecular complexity index is 780. The van der Waals surface area contributed by atoms with Gasteiger partial charge < -0.3 is 20.1 Å². The summed E-state index contributed by atoms with van der Waals surface area (Å²) in [4.78, 5) is 19.5. The number of amides is 1. The van der Waals surface area contributed by atoms with Gasteiger partial charge in [-0.05, 0) is 18.2 Å². The van der Waals surface area contributed by atoms with E-state index in [4.69, 9.17) is 9.84 Å². The third kappa shape index (κ3) is 3.49. The van der Waals surface area contributed by atoms with Crippen molar-refractivity contribution in [3.05, 3.63) is 59.9 Å². The summed E-state index contributed by atoms with van der Waals surface area (Å²) in [5.74, 6) is 0.643. The highest BCUT2D eigenvalue weighted by atomic mass is 16.5. The lowest BCUT2D eigenvalue weighted by atomic mass is 10.2. The van der Waals surface area contributed by atoms with Gasteiger partial charge in [0.2, 0.25) is 0 Å². The molecule has 0 aliphatic rings. The molecular formula is C17H17N3O3. The van der Waals surface area contributed by atoms with Crippen LogP contribution in [0.4, 0.5) is 0 Å². The summed E-state index contributed by atoms with van der Waals surface area (Å²) in [6.07, 6.45) is 0. The third-order valence-electron chi connectivity index (χ3n) is 3.37. The highest BCUT2D eigenvalue weighted by Crippen LogP contribution is 2.18. The number of ether oxygens (including phenoxy) is 1. The summed E-state index contributed by atoms with van der Waals surface area (Å²) < 4.78 is 5.45. The molecule has 1 heterocycles. The summed E-state index contributed by atoms with van der Waals surface area (Å²) in [7, 11) is 0. The number of rotatable bonds is 6. The molecule has 0 aliphatic heterocycles. The fourth-order valence-electron chi connectivity index (χ4n) is 2.27. The number of carbonyl (C=O) groups excluding carboxylic acids is 1. The van der Waals surface area contributed by atoms with E-state index in [9.17, 15) is 4.79 Å². The zero-order chi connectivity index (χ0) is 16.1. The number of nitrogens with one attached hydrogen (secondary N) is 2. The molecule has 0 aliphatic carbocycles. The van der Waals surface area contributed by atoms with Crippen LogP contribution < -0.4 is 10.1 Å². The number of aromatic amines is 1. The number of para-hydroxylation sites is 3. The van der Waals surface area contributed by atoms with Gasteiger partial charge in [-0.15, -0.1) is 0 Å². The molecular weight excluding hydrogens is 294 g/mol. The molecule has 6 nitrogen and oxygen atoms in total. The Morgan fingerprint density at radius 1 is 1.17 bits per heavy atom. The zero-order valence-electron chi connectivity index (χ0n) is 12.5. The van der Waals surface area contributed by atoms with Crippen molar-refractivity contribution in [2.45, 2.75) is 6.54 Å². The number of imidazole rings is 1. The van der Waals surface area contributed by atoms with E-state index in [1.165, 1.54) is 0 Å². The zero-order valence-corrected chi connectivity index (χ0v) is 12.5. The average Bonchev–Trinajstić information content (AvgIpc) is 3.02. The van der Waals surface area contributed by atoms with Gasteiger partial charge in [0.25, 0.3) is 5.91 Å². The van der Waals surface area contributed by atoms with Crippen LogP contribution in [0, 0.1) is 0 Å². The van der Waals surface area contributed by atoms with E-state index in [0.29, 0.717) is 12.3 Å². The minimum Gasteiger partial charge on any atom is -0.491 e. The van der Waals surface area contributed by atoms with Crippen LogP contribution in [-0.2, 0) is 6.54 Å². The van der Waals surface area contributed by atoms with Gasteiger partial charge in [-0.2, -0.15) is 0 Å². The van der Waals surface area contributed by atoms with E-state index in [1.54, 1.807) is 6.07 Å². The number of hydrogen-bond acceptors (Lipinski definition) is 4. The minimum atomic E-state index is -0.279. The van der Waals surface area contributed by atoms with Crippen LogP contribution in [0.2, 0.25) is 0 Å². The Labute approximate surface area is 133 Å².